The highest BCUT2D eigenvalue weighted by Gasteiger charge is 1.84. The summed E-state index contributed by atoms with van der Waals surface area (Å²) < 4.78 is 11.4. The second kappa shape index (κ2) is 4.32. The molecule has 0 fully saturated rings. The van der Waals surface area contributed by atoms with Crippen molar-refractivity contribution in [1.82, 2.24) is 0 Å². The number of nitriles is 1. The predicted molar refractivity (Wildman–Crippen MR) is 30.0 cm³/mol. The van der Waals surface area contributed by atoms with Crippen molar-refractivity contribution in [2.45, 2.75) is 13.3 Å². The number of allylic oxidation sites excluding steroid dienone is 2. The normalized spacial score (nSPS) is 10.9. The Morgan fingerprint density at radius 1 is 1.88 bits per heavy atom. The Morgan fingerprint density at radius 3 is 2.88 bits per heavy atom. The number of rotatable bonds is 2. The molecule has 0 heterocycles. The minimum absolute atomic E-state index is 0.371. The van der Waals surface area contributed by atoms with Crippen molar-refractivity contribution in [3.05, 3.63) is 11.6 Å². The monoisotopic (exact) mass is 113 g/mol. The molecule has 0 bridgehead atoms. The molecule has 0 saturated heterocycles. The van der Waals surface area contributed by atoms with E-state index in [1.54, 1.807) is 6.92 Å². The van der Waals surface area contributed by atoms with Crippen LogP contribution in [0.15, 0.2) is 11.6 Å². The van der Waals surface area contributed by atoms with Crippen LogP contribution in [-0.4, -0.2) is 6.67 Å². The van der Waals surface area contributed by atoms with Crippen LogP contribution >= 0.6 is 0 Å². The molecule has 0 aliphatic heterocycles. The van der Waals surface area contributed by atoms with Gasteiger partial charge in [0.15, 0.2) is 0 Å². The third-order valence-corrected chi connectivity index (χ3v) is 0.800. The summed E-state index contributed by atoms with van der Waals surface area (Å²) in [5, 5.41) is 8.01. The summed E-state index contributed by atoms with van der Waals surface area (Å²) in [6.45, 7) is 1.37. The maximum absolute atomic E-state index is 11.4. The van der Waals surface area contributed by atoms with Gasteiger partial charge in [-0.3, -0.25) is 4.39 Å². The van der Waals surface area contributed by atoms with Crippen molar-refractivity contribution >= 4 is 0 Å². The van der Waals surface area contributed by atoms with Crippen molar-refractivity contribution in [2.24, 2.45) is 0 Å². The average Bonchev–Trinajstić information content (AvgIpc) is 1.68. The highest BCUT2D eigenvalue weighted by Crippen LogP contribution is 1.97. The SMILES string of the molecule is C/C(=C\C#N)CCF. The lowest BCUT2D eigenvalue weighted by Gasteiger charge is -1.87. The summed E-state index contributed by atoms with van der Waals surface area (Å²) >= 11 is 0. The molecular formula is C6H8FN. The van der Waals surface area contributed by atoms with Gasteiger partial charge in [0.05, 0.1) is 12.7 Å². The second-order valence-corrected chi connectivity index (χ2v) is 1.56. The molecule has 1 nitrogen and oxygen atoms in total. The topological polar surface area (TPSA) is 23.8 Å². The molecule has 0 aliphatic carbocycles. The van der Waals surface area contributed by atoms with E-state index in [0.29, 0.717) is 6.42 Å². The van der Waals surface area contributed by atoms with Crippen LogP contribution < -0.4 is 0 Å². The van der Waals surface area contributed by atoms with Crippen molar-refractivity contribution in [2.75, 3.05) is 6.67 Å². The lowest BCUT2D eigenvalue weighted by atomic mass is 10.2. The molecule has 0 atom stereocenters. The van der Waals surface area contributed by atoms with Gasteiger partial charge < -0.3 is 0 Å². The fraction of sp³-hybridized carbons (Fsp3) is 0.500. The molecule has 2 heteroatoms. The van der Waals surface area contributed by atoms with Crippen molar-refractivity contribution in [3.8, 4) is 6.07 Å². The lowest BCUT2D eigenvalue weighted by molar-refractivity contribution is 0.494. The Bertz CT molecular complexity index is 121. The molecule has 0 rings (SSSR count). The zero-order chi connectivity index (χ0) is 6.41. The number of halogens is 1. The first-order chi connectivity index (χ1) is 3.81. The van der Waals surface area contributed by atoms with Crippen LogP contribution in [0.4, 0.5) is 4.39 Å². The fourth-order valence-electron chi connectivity index (χ4n) is 0.331. The minimum atomic E-state index is -0.371. The summed E-state index contributed by atoms with van der Waals surface area (Å²) in [6, 6.07) is 1.82. The summed E-state index contributed by atoms with van der Waals surface area (Å²) in [5.41, 5.74) is 0.801. The largest absolute Gasteiger partial charge is 0.251 e. The van der Waals surface area contributed by atoms with Gasteiger partial charge in [-0.15, -0.1) is 0 Å². The Kier molecular flexibility index (Phi) is 3.87. The molecule has 0 aliphatic rings. The van der Waals surface area contributed by atoms with E-state index in [1.807, 2.05) is 6.07 Å². The zero-order valence-corrected chi connectivity index (χ0v) is 4.82. The third-order valence-electron chi connectivity index (χ3n) is 0.800. The molecule has 8 heavy (non-hydrogen) atoms. The van der Waals surface area contributed by atoms with E-state index in [9.17, 15) is 4.39 Å². The summed E-state index contributed by atoms with van der Waals surface area (Å²) in [6.07, 6.45) is 1.74. The van der Waals surface area contributed by atoms with E-state index in [4.69, 9.17) is 5.26 Å². The maximum atomic E-state index is 11.4. The molecule has 0 aromatic carbocycles. The van der Waals surface area contributed by atoms with E-state index >= 15 is 0 Å². The van der Waals surface area contributed by atoms with E-state index < -0.39 is 0 Å². The second-order valence-electron chi connectivity index (χ2n) is 1.56. The van der Waals surface area contributed by atoms with Gasteiger partial charge in [-0.25, -0.2) is 0 Å². The van der Waals surface area contributed by atoms with E-state index in [1.165, 1.54) is 6.08 Å². The van der Waals surface area contributed by atoms with Gasteiger partial charge in [-0.2, -0.15) is 5.26 Å². The van der Waals surface area contributed by atoms with Crippen LogP contribution in [0.1, 0.15) is 13.3 Å². The van der Waals surface area contributed by atoms with Gasteiger partial charge >= 0.3 is 0 Å². The summed E-state index contributed by atoms with van der Waals surface area (Å²) in [5.74, 6) is 0. The third kappa shape index (κ3) is 3.35. The summed E-state index contributed by atoms with van der Waals surface area (Å²) in [7, 11) is 0. The maximum Gasteiger partial charge on any atom is 0.0931 e. The quantitative estimate of drug-likeness (QED) is 0.501. The van der Waals surface area contributed by atoms with E-state index in [-0.39, 0.29) is 6.67 Å². The van der Waals surface area contributed by atoms with Crippen molar-refractivity contribution in [1.29, 1.82) is 5.26 Å². The van der Waals surface area contributed by atoms with Gasteiger partial charge in [-0.1, -0.05) is 5.57 Å². The molecule has 0 amide bonds. The Morgan fingerprint density at radius 2 is 2.50 bits per heavy atom. The number of hydrogen-bond acceptors (Lipinski definition) is 1. The van der Waals surface area contributed by atoms with Crippen LogP contribution in [0.3, 0.4) is 0 Å². The smallest absolute Gasteiger partial charge is 0.0931 e. The first-order valence-electron chi connectivity index (χ1n) is 2.42. The van der Waals surface area contributed by atoms with Crippen LogP contribution in [-0.2, 0) is 0 Å². The van der Waals surface area contributed by atoms with E-state index in [0.717, 1.165) is 5.57 Å². The molecule has 0 aromatic rings. The molecule has 0 aromatic heterocycles. The molecule has 0 N–H and O–H groups in total. The van der Waals surface area contributed by atoms with Crippen LogP contribution in [0.5, 0.6) is 0 Å². The Balaban J connectivity index is 3.49. The van der Waals surface area contributed by atoms with Crippen LogP contribution in [0.25, 0.3) is 0 Å². The first kappa shape index (κ1) is 7.16. The molecular weight excluding hydrogens is 105 g/mol. The molecule has 0 saturated carbocycles. The highest BCUT2D eigenvalue weighted by molar-refractivity contribution is 5.10. The van der Waals surface area contributed by atoms with Gasteiger partial charge in [0.1, 0.15) is 0 Å². The number of hydrogen-bond donors (Lipinski definition) is 0. The first-order valence-corrected chi connectivity index (χ1v) is 2.42. The van der Waals surface area contributed by atoms with Gasteiger partial charge in [-0.05, 0) is 13.3 Å². The van der Waals surface area contributed by atoms with Crippen molar-refractivity contribution in [3.63, 3.8) is 0 Å². The molecule has 44 valence electrons. The molecule has 0 unspecified atom stereocenters. The number of alkyl halides is 1. The van der Waals surface area contributed by atoms with E-state index in [2.05, 4.69) is 0 Å². The Labute approximate surface area is 48.4 Å². The summed E-state index contributed by atoms with van der Waals surface area (Å²) in [4.78, 5) is 0. The Hall–Kier alpha value is -0.840. The fourth-order valence-corrected chi connectivity index (χ4v) is 0.331. The molecule has 0 radical (unpaired) electrons. The van der Waals surface area contributed by atoms with Gasteiger partial charge in [0.25, 0.3) is 0 Å². The lowest BCUT2D eigenvalue weighted by Crippen LogP contribution is -1.76. The van der Waals surface area contributed by atoms with Gasteiger partial charge in [0.2, 0.25) is 0 Å². The van der Waals surface area contributed by atoms with Crippen LogP contribution in [0.2, 0.25) is 0 Å². The zero-order valence-electron chi connectivity index (χ0n) is 4.82. The molecule has 0 spiro atoms. The number of nitrogens with zero attached hydrogens (tertiary/aromatic N) is 1. The average molecular weight is 113 g/mol. The van der Waals surface area contributed by atoms with Gasteiger partial charge in [0, 0.05) is 6.08 Å². The highest BCUT2D eigenvalue weighted by atomic mass is 19.1. The predicted octanol–water partition coefficient (Wildman–Crippen LogP) is 1.82. The standard InChI is InChI=1S/C6H8FN/c1-6(2-4-7)3-5-8/h3H,2,4H2,1H3/b6-3+. The van der Waals surface area contributed by atoms with Crippen LogP contribution in [0, 0.1) is 11.3 Å². The van der Waals surface area contributed by atoms with Crippen molar-refractivity contribution < 1.29 is 4.39 Å². The minimum Gasteiger partial charge on any atom is -0.251 e.